The molecule has 3 aromatic heterocycles. The Hall–Kier alpha value is -3.28. The summed E-state index contributed by atoms with van der Waals surface area (Å²) in [6, 6.07) is 14.4. The van der Waals surface area contributed by atoms with E-state index >= 15 is 0 Å². The van der Waals surface area contributed by atoms with Gasteiger partial charge in [0.2, 0.25) is 0 Å². The van der Waals surface area contributed by atoms with E-state index in [1.165, 1.54) is 6.07 Å². The summed E-state index contributed by atoms with van der Waals surface area (Å²) in [5.41, 5.74) is 2.81. The molecule has 0 fully saturated rings. The first kappa shape index (κ1) is 15.3. The predicted octanol–water partition coefficient (Wildman–Crippen LogP) is 3.59. The van der Waals surface area contributed by atoms with Crippen molar-refractivity contribution >= 4 is 11.5 Å². The van der Waals surface area contributed by atoms with Crippen molar-refractivity contribution in [3.8, 4) is 11.1 Å². The lowest BCUT2D eigenvalue weighted by Gasteiger charge is -2.08. The second kappa shape index (κ2) is 6.68. The number of hydrogen-bond acceptors (Lipinski definition) is 4. The second-order valence-electron chi connectivity index (χ2n) is 5.60. The Labute approximate surface area is 144 Å². The van der Waals surface area contributed by atoms with Crippen molar-refractivity contribution in [2.45, 2.75) is 6.42 Å². The van der Waals surface area contributed by atoms with Crippen LogP contribution in [-0.2, 0) is 6.42 Å². The number of aromatic nitrogens is 4. The number of fused-ring (bicyclic) bond motifs is 1. The number of hydrogen-bond donors (Lipinski definition) is 1. The summed E-state index contributed by atoms with van der Waals surface area (Å²) in [6.07, 6.45) is 5.93. The zero-order valence-electron chi connectivity index (χ0n) is 13.4. The van der Waals surface area contributed by atoms with Gasteiger partial charge in [0.1, 0.15) is 11.6 Å². The minimum absolute atomic E-state index is 0.285. The summed E-state index contributed by atoms with van der Waals surface area (Å²) in [4.78, 5) is 8.68. The van der Waals surface area contributed by atoms with Crippen LogP contribution in [0.5, 0.6) is 0 Å². The van der Waals surface area contributed by atoms with E-state index in [1.54, 1.807) is 41.3 Å². The van der Waals surface area contributed by atoms with E-state index in [0.29, 0.717) is 23.3 Å². The monoisotopic (exact) mass is 333 g/mol. The topological polar surface area (TPSA) is 55.1 Å². The van der Waals surface area contributed by atoms with E-state index in [0.717, 1.165) is 17.9 Å². The van der Waals surface area contributed by atoms with Gasteiger partial charge in [0.05, 0.1) is 6.20 Å². The Bertz CT molecular complexity index is 997. The highest BCUT2D eigenvalue weighted by Gasteiger charge is 2.13. The fraction of sp³-hybridized carbons (Fsp3) is 0.105. The third-order valence-corrected chi connectivity index (χ3v) is 3.98. The maximum Gasteiger partial charge on any atom is 0.165 e. The van der Waals surface area contributed by atoms with Crippen molar-refractivity contribution in [2.24, 2.45) is 0 Å². The molecule has 0 amide bonds. The Morgan fingerprint density at radius 2 is 1.80 bits per heavy atom. The van der Waals surface area contributed by atoms with Gasteiger partial charge in [-0.25, -0.2) is 9.37 Å². The van der Waals surface area contributed by atoms with Gasteiger partial charge in [0.15, 0.2) is 5.65 Å². The average molecular weight is 333 g/mol. The van der Waals surface area contributed by atoms with Crippen LogP contribution < -0.4 is 5.32 Å². The van der Waals surface area contributed by atoms with Crippen LogP contribution in [0.1, 0.15) is 5.69 Å². The molecule has 124 valence electrons. The first-order valence-corrected chi connectivity index (χ1v) is 8.04. The van der Waals surface area contributed by atoms with Crippen LogP contribution in [0.4, 0.5) is 10.2 Å². The smallest absolute Gasteiger partial charge is 0.165 e. The molecule has 3 heterocycles. The van der Waals surface area contributed by atoms with Gasteiger partial charge in [-0.05, 0) is 24.3 Å². The molecule has 1 N–H and O–H groups in total. The zero-order valence-corrected chi connectivity index (χ0v) is 13.4. The van der Waals surface area contributed by atoms with Crippen LogP contribution >= 0.6 is 0 Å². The van der Waals surface area contributed by atoms with Crippen molar-refractivity contribution in [1.82, 2.24) is 19.6 Å². The van der Waals surface area contributed by atoms with Crippen LogP contribution in [0.15, 0.2) is 67.1 Å². The first-order valence-electron chi connectivity index (χ1n) is 8.04. The molecule has 6 heteroatoms. The summed E-state index contributed by atoms with van der Waals surface area (Å²) in [5, 5.41) is 7.71. The minimum atomic E-state index is -0.285. The largest absolute Gasteiger partial charge is 0.370 e. The Morgan fingerprint density at radius 1 is 0.920 bits per heavy atom. The number of nitrogens with zero attached hydrogens (tertiary/aromatic N) is 4. The molecule has 0 bridgehead atoms. The lowest BCUT2D eigenvalue weighted by molar-refractivity contribution is 0.631. The fourth-order valence-electron chi connectivity index (χ4n) is 2.76. The van der Waals surface area contributed by atoms with Gasteiger partial charge in [-0.3, -0.25) is 4.98 Å². The van der Waals surface area contributed by atoms with E-state index < -0.39 is 0 Å². The van der Waals surface area contributed by atoms with Crippen LogP contribution in [0.3, 0.4) is 0 Å². The highest BCUT2D eigenvalue weighted by Crippen LogP contribution is 2.26. The standard InChI is InChI=1S/C19H16FN5/c20-17-7-2-1-6-15(17)16-13-24-25-18(9-12-23-19(16)25)22-11-8-14-5-3-4-10-21-14/h1-7,9-10,12-13,22H,8,11H2. The van der Waals surface area contributed by atoms with Gasteiger partial charge in [-0.1, -0.05) is 24.3 Å². The molecule has 5 nitrogen and oxygen atoms in total. The Morgan fingerprint density at radius 3 is 2.64 bits per heavy atom. The number of nitrogens with one attached hydrogen (secondary N) is 1. The normalized spacial score (nSPS) is 10.9. The molecule has 0 saturated carbocycles. The molecule has 0 radical (unpaired) electrons. The summed E-state index contributed by atoms with van der Waals surface area (Å²) in [6.45, 7) is 0.713. The summed E-state index contributed by atoms with van der Waals surface area (Å²) in [5.74, 6) is 0.524. The minimum Gasteiger partial charge on any atom is -0.370 e. The number of anilines is 1. The molecular weight excluding hydrogens is 317 g/mol. The second-order valence-corrected chi connectivity index (χ2v) is 5.60. The van der Waals surface area contributed by atoms with Gasteiger partial charge < -0.3 is 5.32 Å². The van der Waals surface area contributed by atoms with E-state index in [1.807, 2.05) is 24.3 Å². The third-order valence-electron chi connectivity index (χ3n) is 3.98. The molecular formula is C19H16FN5. The number of benzene rings is 1. The molecule has 0 aliphatic carbocycles. The molecule has 4 aromatic rings. The zero-order chi connectivity index (χ0) is 17.1. The maximum absolute atomic E-state index is 14.1. The van der Waals surface area contributed by atoms with E-state index in [2.05, 4.69) is 20.4 Å². The van der Waals surface area contributed by atoms with Gasteiger partial charge in [0, 0.05) is 42.2 Å². The van der Waals surface area contributed by atoms with Crippen molar-refractivity contribution in [1.29, 1.82) is 0 Å². The Kier molecular flexibility index (Phi) is 4.08. The number of pyridine rings is 1. The van der Waals surface area contributed by atoms with Crippen molar-refractivity contribution in [3.05, 3.63) is 78.6 Å². The molecule has 4 rings (SSSR count). The van der Waals surface area contributed by atoms with Gasteiger partial charge in [0.25, 0.3) is 0 Å². The van der Waals surface area contributed by atoms with Gasteiger partial charge in [-0.15, -0.1) is 0 Å². The lowest BCUT2D eigenvalue weighted by Crippen LogP contribution is -2.09. The summed E-state index contributed by atoms with van der Waals surface area (Å²) in [7, 11) is 0. The maximum atomic E-state index is 14.1. The summed E-state index contributed by atoms with van der Waals surface area (Å²) >= 11 is 0. The molecule has 0 aliphatic heterocycles. The SMILES string of the molecule is Fc1ccccc1-c1cnn2c(NCCc3ccccn3)ccnc12. The highest BCUT2D eigenvalue weighted by atomic mass is 19.1. The molecule has 25 heavy (non-hydrogen) atoms. The molecule has 0 saturated heterocycles. The van der Waals surface area contributed by atoms with E-state index in [9.17, 15) is 4.39 Å². The fourth-order valence-corrected chi connectivity index (χ4v) is 2.76. The quantitative estimate of drug-likeness (QED) is 0.606. The molecule has 0 atom stereocenters. The van der Waals surface area contributed by atoms with Crippen molar-refractivity contribution < 1.29 is 4.39 Å². The van der Waals surface area contributed by atoms with Crippen molar-refractivity contribution in [3.63, 3.8) is 0 Å². The highest BCUT2D eigenvalue weighted by molar-refractivity contribution is 5.78. The van der Waals surface area contributed by atoms with Crippen molar-refractivity contribution in [2.75, 3.05) is 11.9 Å². The molecule has 1 aromatic carbocycles. The third kappa shape index (κ3) is 3.06. The van der Waals surface area contributed by atoms with Crippen LogP contribution in [0.2, 0.25) is 0 Å². The van der Waals surface area contributed by atoms with E-state index in [4.69, 9.17) is 0 Å². The van der Waals surface area contributed by atoms with E-state index in [-0.39, 0.29) is 5.82 Å². The van der Waals surface area contributed by atoms with Crippen LogP contribution in [-0.4, -0.2) is 26.1 Å². The predicted molar refractivity (Wildman–Crippen MR) is 94.8 cm³/mol. The molecule has 0 spiro atoms. The van der Waals surface area contributed by atoms with Gasteiger partial charge in [-0.2, -0.15) is 9.61 Å². The molecule has 0 unspecified atom stereocenters. The Balaban J connectivity index is 1.60. The summed E-state index contributed by atoms with van der Waals surface area (Å²) < 4.78 is 15.8. The van der Waals surface area contributed by atoms with Crippen LogP contribution in [0.25, 0.3) is 16.8 Å². The number of halogens is 1. The molecule has 0 aliphatic rings. The average Bonchev–Trinajstić information content (AvgIpc) is 3.08. The number of rotatable bonds is 5. The first-order chi connectivity index (χ1) is 12.3. The van der Waals surface area contributed by atoms with Gasteiger partial charge >= 0.3 is 0 Å². The van der Waals surface area contributed by atoms with Crippen LogP contribution in [0, 0.1) is 5.82 Å². The lowest BCUT2D eigenvalue weighted by atomic mass is 10.1.